The molecule has 1 aromatic heterocycles. The molecule has 0 radical (unpaired) electrons. The van der Waals surface area contributed by atoms with E-state index in [2.05, 4.69) is 30.8 Å². The van der Waals surface area contributed by atoms with E-state index in [-0.39, 0.29) is 0 Å². The lowest BCUT2D eigenvalue weighted by molar-refractivity contribution is 0.201. The molecule has 4 nitrogen and oxygen atoms in total. The van der Waals surface area contributed by atoms with E-state index in [9.17, 15) is 0 Å². The Labute approximate surface area is 98.8 Å². The van der Waals surface area contributed by atoms with Crippen molar-refractivity contribution in [1.82, 2.24) is 9.97 Å². The predicted molar refractivity (Wildman–Crippen MR) is 64.6 cm³/mol. The number of nitrogens with zero attached hydrogens (tertiary/aromatic N) is 3. The van der Waals surface area contributed by atoms with Crippen LogP contribution in [0.25, 0.3) is 0 Å². The lowest BCUT2D eigenvalue weighted by Crippen LogP contribution is -2.29. The van der Waals surface area contributed by atoms with Gasteiger partial charge < -0.3 is 9.64 Å². The maximum atomic E-state index is 5.06. The summed E-state index contributed by atoms with van der Waals surface area (Å²) in [5.74, 6) is 0.915. The van der Waals surface area contributed by atoms with Crippen LogP contribution in [0.15, 0.2) is 12.4 Å². The fourth-order valence-electron chi connectivity index (χ4n) is 1.39. The second-order valence-corrected chi connectivity index (χ2v) is 4.69. The van der Waals surface area contributed by atoms with E-state index in [0.717, 1.165) is 18.1 Å². The highest BCUT2D eigenvalue weighted by Gasteiger charge is 2.11. The van der Waals surface area contributed by atoms with Gasteiger partial charge in [-0.1, -0.05) is 15.9 Å². The van der Waals surface area contributed by atoms with Crippen molar-refractivity contribution in [3.05, 3.63) is 18.1 Å². The topological polar surface area (TPSA) is 38.2 Å². The predicted octanol–water partition coefficient (Wildman–Crippen LogP) is 1.63. The van der Waals surface area contributed by atoms with Crippen molar-refractivity contribution >= 4 is 21.7 Å². The first-order valence-corrected chi connectivity index (χ1v) is 5.68. The van der Waals surface area contributed by atoms with Crippen LogP contribution < -0.4 is 4.90 Å². The van der Waals surface area contributed by atoms with Crippen molar-refractivity contribution in [2.24, 2.45) is 0 Å². The Balaban J connectivity index is 2.61. The number of hydrogen-bond acceptors (Lipinski definition) is 4. The number of ether oxygens (including phenoxy) is 1. The van der Waals surface area contributed by atoms with Crippen LogP contribution >= 0.6 is 15.9 Å². The van der Waals surface area contributed by atoms with Gasteiger partial charge in [0, 0.05) is 33.1 Å². The molecule has 0 N–H and O–H groups in total. The van der Waals surface area contributed by atoms with Gasteiger partial charge in [-0.15, -0.1) is 0 Å². The standard InChI is InChI=1S/C10H16BrN3O/c1-8-10(13-5-4-12-8)14(2)6-9(11)7-15-3/h4-5,9H,6-7H2,1-3H3. The molecule has 0 aliphatic carbocycles. The molecule has 1 unspecified atom stereocenters. The first-order valence-electron chi connectivity index (χ1n) is 4.77. The lowest BCUT2D eigenvalue weighted by Gasteiger charge is -2.21. The van der Waals surface area contributed by atoms with Crippen molar-refractivity contribution in [2.45, 2.75) is 11.8 Å². The number of alkyl halides is 1. The number of aromatic nitrogens is 2. The van der Waals surface area contributed by atoms with Crippen LogP contribution in [0.2, 0.25) is 0 Å². The summed E-state index contributed by atoms with van der Waals surface area (Å²) in [4.78, 5) is 10.9. The Morgan fingerprint density at radius 2 is 2.13 bits per heavy atom. The molecule has 0 amide bonds. The summed E-state index contributed by atoms with van der Waals surface area (Å²) < 4.78 is 5.06. The minimum Gasteiger partial charge on any atom is -0.383 e. The smallest absolute Gasteiger partial charge is 0.149 e. The summed E-state index contributed by atoms with van der Waals surface area (Å²) in [6.07, 6.45) is 3.41. The molecule has 0 bridgehead atoms. The molecule has 84 valence electrons. The van der Waals surface area contributed by atoms with Crippen molar-refractivity contribution in [2.75, 3.05) is 32.2 Å². The SMILES string of the molecule is COCC(Br)CN(C)c1nccnc1C. The highest BCUT2D eigenvalue weighted by Crippen LogP contribution is 2.13. The van der Waals surface area contributed by atoms with Crippen LogP contribution in [0.3, 0.4) is 0 Å². The molecular formula is C10H16BrN3O. The lowest BCUT2D eigenvalue weighted by atomic mass is 10.3. The van der Waals surface area contributed by atoms with Gasteiger partial charge in [0.2, 0.25) is 0 Å². The van der Waals surface area contributed by atoms with Gasteiger partial charge in [-0.2, -0.15) is 0 Å². The molecule has 15 heavy (non-hydrogen) atoms. The maximum Gasteiger partial charge on any atom is 0.149 e. The number of aryl methyl sites for hydroxylation is 1. The van der Waals surface area contributed by atoms with Gasteiger partial charge in [0.1, 0.15) is 5.82 Å². The molecular weight excluding hydrogens is 258 g/mol. The summed E-state index contributed by atoms with van der Waals surface area (Å²) >= 11 is 3.55. The Hall–Kier alpha value is -0.680. The van der Waals surface area contributed by atoms with Gasteiger partial charge in [-0.05, 0) is 6.92 Å². The van der Waals surface area contributed by atoms with Crippen molar-refractivity contribution < 1.29 is 4.74 Å². The average Bonchev–Trinajstić information content (AvgIpc) is 2.18. The molecule has 0 aromatic carbocycles. The van der Waals surface area contributed by atoms with E-state index < -0.39 is 0 Å². The Morgan fingerprint density at radius 1 is 1.47 bits per heavy atom. The molecule has 0 saturated carbocycles. The zero-order valence-electron chi connectivity index (χ0n) is 9.27. The summed E-state index contributed by atoms with van der Waals surface area (Å²) in [6.45, 7) is 3.48. The molecule has 0 spiro atoms. The number of methoxy groups -OCH3 is 1. The zero-order valence-corrected chi connectivity index (χ0v) is 10.9. The van der Waals surface area contributed by atoms with Gasteiger partial charge in [0.25, 0.3) is 0 Å². The highest BCUT2D eigenvalue weighted by atomic mass is 79.9. The molecule has 0 aliphatic heterocycles. The van der Waals surface area contributed by atoms with E-state index in [1.54, 1.807) is 19.5 Å². The normalized spacial score (nSPS) is 12.5. The van der Waals surface area contributed by atoms with Gasteiger partial charge >= 0.3 is 0 Å². The van der Waals surface area contributed by atoms with Crippen LogP contribution in [-0.2, 0) is 4.74 Å². The molecule has 5 heteroatoms. The van der Waals surface area contributed by atoms with Crippen molar-refractivity contribution in [3.63, 3.8) is 0 Å². The highest BCUT2D eigenvalue weighted by molar-refractivity contribution is 9.09. The first-order chi connectivity index (χ1) is 7.15. The van der Waals surface area contributed by atoms with Crippen molar-refractivity contribution in [3.8, 4) is 0 Å². The van der Waals surface area contributed by atoms with Gasteiger partial charge in [0.15, 0.2) is 0 Å². The number of rotatable bonds is 5. The van der Waals surface area contributed by atoms with E-state index in [1.165, 1.54) is 0 Å². The number of hydrogen-bond donors (Lipinski definition) is 0. The third-order valence-corrected chi connectivity index (χ3v) is 2.59. The Bertz CT molecular complexity index is 308. The van der Waals surface area contributed by atoms with Crippen LogP contribution in [0.5, 0.6) is 0 Å². The van der Waals surface area contributed by atoms with Gasteiger partial charge in [-0.25, -0.2) is 4.98 Å². The van der Waals surface area contributed by atoms with Crippen LogP contribution in [0.1, 0.15) is 5.69 Å². The van der Waals surface area contributed by atoms with E-state index >= 15 is 0 Å². The summed E-state index contributed by atoms with van der Waals surface area (Å²) in [5, 5.41) is 0. The Morgan fingerprint density at radius 3 is 2.73 bits per heavy atom. The molecule has 1 rings (SSSR count). The molecule has 1 aromatic rings. The minimum absolute atomic E-state index is 0.300. The quantitative estimate of drug-likeness (QED) is 0.765. The van der Waals surface area contributed by atoms with Crippen molar-refractivity contribution in [1.29, 1.82) is 0 Å². The third-order valence-electron chi connectivity index (χ3n) is 2.04. The average molecular weight is 274 g/mol. The number of anilines is 1. The molecule has 1 atom stereocenters. The van der Waals surface area contributed by atoms with E-state index in [0.29, 0.717) is 11.4 Å². The minimum atomic E-state index is 0.300. The zero-order chi connectivity index (χ0) is 11.3. The first kappa shape index (κ1) is 12.4. The molecule has 0 fully saturated rings. The van der Waals surface area contributed by atoms with Crippen LogP contribution in [0.4, 0.5) is 5.82 Å². The van der Waals surface area contributed by atoms with E-state index in [4.69, 9.17) is 4.74 Å². The molecule has 0 aliphatic rings. The summed E-state index contributed by atoms with van der Waals surface area (Å²) in [5.41, 5.74) is 0.942. The fraction of sp³-hybridized carbons (Fsp3) is 0.600. The number of halogens is 1. The second kappa shape index (κ2) is 6.02. The summed E-state index contributed by atoms with van der Waals surface area (Å²) in [6, 6.07) is 0. The Kier molecular flexibility index (Phi) is 4.98. The van der Waals surface area contributed by atoms with Gasteiger partial charge in [-0.3, -0.25) is 4.98 Å². The van der Waals surface area contributed by atoms with Crippen LogP contribution in [-0.4, -0.2) is 42.1 Å². The monoisotopic (exact) mass is 273 g/mol. The van der Waals surface area contributed by atoms with Crippen LogP contribution in [0, 0.1) is 6.92 Å². The molecule has 1 heterocycles. The molecule has 0 saturated heterocycles. The second-order valence-electron chi connectivity index (χ2n) is 3.40. The summed E-state index contributed by atoms with van der Waals surface area (Å²) in [7, 11) is 3.70. The maximum absolute atomic E-state index is 5.06. The van der Waals surface area contributed by atoms with Gasteiger partial charge in [0.05, 0.1) is 17.1 Å². The largest absolute Gasteiger partial charge is 0.383 e. The third kappa shape index (κ3) is 3.76. The van der Waals surface area contributed by atoms with E-state index in [1.807, 2.05) is 14.0 Å². The fourth-order valence-corrected chi connectivity index (χ4v) is 2.09.